The van der Waals surface area contributed by atoms with Gasteiger partial charge >= 0.3 is 18.9 Å². The molecule has 1 radical (unpaired) electrons. The summed E-state index contributed by atoms with van der Waals surface area (Å²) in [5.41, 5.74) is 0. The maximum atomic E-state index is 4.22. The fourth-order valence-electron chi connectivity index (χ4n) is 1.17. The summed E-state index contributed by atoms with van der Waals surface area (Å²) in [6.45, 7) is 6.94. The number of aliphatic imine (C=N–C) groups is 1. The van der Waals surface area contributed by atoms with E-state index in [1.807, 2.05) is 6.21 Å². The van der Waals surface area contributed by atoms with E-state index in [9.17, 15) is 0 Å². The van der Waals surface area contributed by atoms with Gasteiger partial charge < -0.3 is 0 Å². The summed E-state index contributed by atoms with van der Waals surface area (Å²) in [4.78, 5) is 4.22. The van der Waals surface area contributed by atoms with Gasteiger partial charge in [-0.1, -0.05) is 39.0 Å². The maximum absolute atomic E-state index is 4.22. The van der Waals surface area contributed by atoms with Crippen LogP contribution in [0.4, 0.5) is 0 Å². The van der Waals surface area contributed by atoms with Gasteiger partial charge in [0.25, 0.3) is 0 Å². The average molecular weight is 176 g/mol. The molecule has 1 nitrogen and oxygen atoms in total. The Hall–Kier alpha value is 0.267. The van der Waals surface area contributed by atoms with Gasteiger partial charge in [0.1, 0.15) is 0 Å². The Labute approximate surface area is 95.6 Å². The second-order valence-corrected chi connectivity index (χ2v) is 3.15. The van der Waals surface area contributed by atoms with E-state index >= 15 is 0 Å². The van der Waals surface area contributed by atoms with Crippen molar-refractivity contribution in [3.8, 4) is 0 Å². The molecular formula is C11H23LiN. The first-order chi connectivity index (χ1) is 5.91. The molecule has 0 bridgehead atoms. The number of hydrogen-bond donors (Lipinski definition) is 0. The Balaban J connectivity index is 0. The second kappa shape index (κ2) is 14.8. The van der Waals surface area contributed by atoms with Gasteiger partial charge in [0.15, 0.2) is 0 Å². The normalized spacial score (nSPS) is 10.3. The van der Waals surface area contributed by atoms with Crippen LogP contribution in [0, 0.1) is 6.92 Å². The van der Waals surface area contributed by atoms with Crippen molar-refractivity contribution in [1.82, 2.24) is 0 Å². The van der Waals surface area contributed by atoms with Crippen molar-refractivity contribution in [2.24, 2.45) is 4.99 Å². The Kier molecular flexibility index (Phi) is 17.9. The van der Waals surface area contributed by atoms with Crippen molar-refractivity contribution in [2.75, 3.05) is 6.54 Å². The first-order valence-corrected chi connectivity index (χ1v) is 5.19. The van der Waals surface area contributed by atoms with Gasteiger partial charge in [-0.05, 0) is 26.0 Å². The van der Waals surface area contributed by atoms with Gasteiger partial charge in [-0.2, -0.15) is 0 Å². The van der Waals surface area contributed by atoms with Crippen LogP contribution in [-0.4, -0.2) is 31.6 Å². The van der Waals surface area contributed by atoms with Crippen LogP contribution in [0.2, 0.25) is 0 Å². The summed E-state index contributed by atoms with van der Waals surface area (Å²) in [6, 6.07) is 0. The van der Waals surface area contributed by atoms with Gasteiger partial charge in [0.2, 0.25) is 0 Å². The molecule has 0 saturated heterocycles. The molecule has 73 valence electrons. The molecule has 2 heteroatoms. The van der Waals surface area contributed by atoms with Crippen LogP contribution >= 0.6 is 0 Å². The first kappa shape index (κ1) is 15.7. The van der Waals surface area contributed by atoms with Crippen LogP contribution in [-0.2, 0) is 0 Å². The molecular weight excluding hydrogens is 153 g/mol. The Morgan fingerprint density at radius 3 is 2.31 bits per heavy atom. The van der Waals surface area contributed by atoms with Crippen molar-refractivity contribution in [1.29, 1.82) is 0 Å². The minimum absolute atomic E-state index is 0. The molecule has 0 aromatic carbocycles. The summed E-state index contributed by atoms with van der Waals surface area (Å²) in [5.74, 6) is 0. The summed E-state index contributed by atoms with van der Waals surface area (Å²) in [7, 11) is 0. The summed E-state index contributed by atoms with van der Waals surface area (Å²) in [5, 5.41) is 0. The zero-order valence-electron chi connectivity index (χ0n) is 8.39. The molecule has 13 heavy (non-hydrogen) atoms. The monoisotopic (exact) mass is 176 g/mol. The van der Waals surface area contributed by atoms with Crippen LogP contribution in [0.3, 0.4) is 0 Å². The zero-order chi connectivity index (χ0) is 9.07. The third-order valence-electron chi connectivity index (χ3n) is 1.90. The van der Waals surface area contributed by atoms with Gasteiger partial charge in [-0.3, -0.25) is 4.99 Å². The van der Waals surface area contributed by atoms with Gasteiger partial charge in [-0.25, -0.2) is 0 Å². The van der Waals surface area contributed by atoms with Crippen molar-refractivity contribution >= 4 is 25.1 Å². The topological polar surface area (TPSA) is 12.4 Å². The molecule has 0 atom stereocenters. The fourth-order valence-corrected chi connectivity index (χ4v) is 1.17. The van der Waals surface area contributed by atoms with Crippen LogP contribution in [0.1, 0.15) is 51.9 Å². The zero-order valence-corrected chi connectivity index (χ0v) is 8.39. The molecule has 0 aromatic heterocycles. The molecule has 0 aliphatic carbocycles. The molecule has 0 aromatic rings. The number of hydrogen-bond acceptors (Lipinski definition) is 1. The van der Waals surface area contributed by atoms with Crippen LogP contribution in [0.25, 0.3) is 0 Å². The first-order valence-electron chi connectivity index (χ1n) is 5.19. The van der Waals surface area contributed by atoms with Gasteiger partial charge in [0, 0.05) is 6.54 Å². The Morgan fingerprint density at radius 1 is 1.08 bits per heavy atom. The van der Waals surface area contributed by atoms with Crippen molar-refractivity contribution in [3.63, 3.8) is 0 Å². The van der Waals surface area contributed by atoms with E-state index in [1.165, 1.54) is 38.5 Å². The van der Waals surface area contributed by atoms with Crippen LogP contribution in [0.5, 0.6) is 0 Å². The standard InChI is InChI=1S/C11H22N.Li.H/c1-3-5-6-7-8-9-11-12-10-4-2;;/h10H,2-9,11H2,1H3;;. The van der Waals surface area contributed by atoms with E-state index in [4.69, 9.17) is 0 Å². The third kappa shape index (κ3) is 15.1. The molecule has 0 N–H and O–H groups in total. The summed E-state index contributed by atoms with van der Waals surface area (Å²) >= 11 is 0. The third-order valence-corrected chi connectivity index (χ3v) is 1.90. The van der Waals surface area contributed by atoms with E-state index < -0.39 is 0 Å². The Bertz CT molecular complexity index is 102. The quantitative estimate of drug-likeness (QED) is 0.306. The molecule has 0 fully saturated rings. The van der Waals surface area contributed by atoms with E-state index in [2.05, 4.69) is 18.8 Å². The Morgan fingerprint density at radius 2 is 1.69 bits per heavy atom. The molecule has 0 heterocycles. The van der Waals surface area contributed by atoms with Crippen molar-refractivity contribution in [2.45, 2.75) is 51.9 Å². The van der Waals surface area contributed by atoms with E-state index in [1.54, 1.807) is 0 Å². The van der Waals surface area contributed by atoms with Crippen LogP contribution < -0.4 is 0 Å². The van der Waals surface area contributed by atoms with E-state index in [0.29, 0.717) is 0 Å². The molecule has 0 amide bonds. The summed E-state index contributed by atoms with van der Waals surface area (Å²) < 4.78 is 0. The molecule has 0 saturated carbocycles. The number of nitrogens with zero attached hydrogens (tertiary/aromatic N) is 1. The molecule has 0 spiro atoms. The van der Waals surface area contributed by atoms with Gasteiger partial charge in [-0.15, -0.1) is 0 Å². The second-order valence-electron chi connectivity index (χ2n) is 3.15. The molecule has 0 rings (SSSR count). The molecule has 0 aliphatic rings. The van der Waals surface area contributed by atoms with Gasteiger partial charge in [0.05, 0.1) is 0 Å². The van der Waals surface area contributed by atoms with Crippen molar-refractivity contribution in [3.05, 3.63) is 6.92 Å². The predicted octanol–water partition coefficient (Wildman–Crippen LogP) is 2.99. The molecule has 0 aliphatic heterocycles. The molecule has 0 unspecified atom stereocenters. The van der Waals surface area contributed by atoms with Crippen molar-refractivity contribution < 1.29 is 0 Å². The van der Waals surface area contributed by atoms with Crippen LogP contribution in [0.15, 0.2) is 4.99 Å². The number of rotatable bonds is 8. The fraction of sp³-hybridized carbons (Fsp3) is 0.818. The minimum atomic E-state index is 0. The SMILES string of the molecule is [CH2]CC=NCCCCCCCC.[LiH]. The number of unbranched alkanes of at least 4 members (excludes halogenated alkanes) is 5. The predicted molar refractivity (Wildman–Crippen MR) is 63.9 cm³/mol. The summed E-state index contributed by atoms with van der Waals surface area (Å²) in [6.07, 6.45) is 10.8. The van der Waals surface area contributed by atoms with E-state index in [0.717, 1.165) is 13.0 Å². The van der Waals surface area contributed by atoms with E-state index in [-0.39, 0.29) is 18.9 Å². The average Bonchev–Trinajstić information content (AvgIpc) is 2.10.